The number of amides is 2. The first kappa shape index (κ1) is 25.5. The molecule has 0 bridgehead atoms. The van der Waals surface area contributed by atoms with E-state index in [2.05, 4.69) is 47.0 Å². The lowest BCUT2D eigenvalue weighted by molar-refractivity contribution is 0.250. The van der Waals surface area contributed by atoms with Crippen molar-refractivity contribution in [2.24, 2.45) is 10.9 Å². The van der Waals surface area contributed by atoms with Crippen molar-refractivity contribution >= 4 is 41.7 Å². The zero-order valence-corrected chi connectivity index (χ0v) is 19.6. The molecule has 0 aliphatic rings. The van der Waals surface area contributed by atoms with Crippen LogP contribution in [0.3, 0.4) is 0 Å². The Balaban J connectivity index is 0.00000676. The minimum absolute atomic E-state index is 0. The van der Waals surface area contributed by atoms with Gasteiger partial charge < -0.3 is 21.3 Å². The first-order valence-electron chi connectivity index (χ1n) is 9.59. The lowest BCUT2D eigenvalue weighted by Gasteiger charge is -2.12. The summed E-state index contributed by atoms with van der Waals surface area (Å²) in [5, 5.41) is 12.3. The molecular weight excluding hydrogens is 453 g/mol. The van der Waals surface area contributed by atoms with Gasteiger partial charge in [0.05, 0.1) is 6.54 Å². The predicted octanol–water partition coefficient (Wildman–Crippen LogP) is 4.33. The summed E-state index contributed by atoms with van der Waals surface area (Å²) in [6, 6.07) is 7.68. The summed E-state index contributed by atoms with van der Waals surface area (Å²) in [5.41, 5.74) is 1.87. The largest absolute Gasteiger partial charge is 0.357 e. The molecule has 1 aromatic carbocycles. The molecular formula is C20H36IN5O. The third-order valence-electron chi connectivity index (χ3n) is 3.65. The Bertz CT molecular complexity index is 558. The van der Waals surface area contributed by atoms with E-state index in [1.165, 1.54) is 6.42 Å². The zero-order chi connectivity index (χ0) is 19.4. The fourth-order valence-corrected chi connectivity index (χ4v) is 2.35. The zero-order valence-electron chi connectivity index (χ0n) is 17.3. The third kappa shape index (κ3) is 12.5. The van der Waals surface area contributed by atoms with Gasteiger partial charge in [0.2, 0.25) is 0 Å². The highest BCUT2D eigenvalue weighted by atomic mass is 127. The molecule has 0 aliphatic heterocycles. The van der Waals surface area contributed by atoms with Crippen LogP contribution in [0.15, 0.2) is 29.3 Å². The lowest BCUT2D eigenvalue weighted by atomic mass is 10.1. The van der Waals surface area contributed by atoms with Gasteiger partial charge in [-0.05, 0) is 57.2 Å². The number of carbonyl (C=O) groups is 1. The summed E-state index contributed by atoms with van der Waals surface area (Å²) in [6.07, 6.45) is 2.35. The molecule has 0 aliphatic carbocycles. The number of hydrogen-bond donors (Lipinski definition) is 4. The number of nitrogens with zero attached hydrogens (tertiary/aromatic N) is 1. The molecule has 0 spiro atoms. The highest BCUT2D eigenvalue weighted by Crippen LogP contribution is 2.10. The van der Waals surface area contributed by atoms with Crippen LogP contribution in [0, 0.1) is 5.92 Å². The minimum atomic E-state index is -0.189. The molecule has 0 aromatic heterocycles. The highest BCUT2D eigenvalue weighted by Gasteiger charge is 2.03. The molecule has 0 heterocycles. The fraction of sp³-hybridized carbons (Fsp3) is 0.600. The number of hydrogen-bond acceptors (Lipinski definition) is 2. The van der Waals surface area contributed by atoms with Gasteiger partial charge in [-0.25, -0.2) is 9.79 Å². The third-order valence-corrected chi connectivity index (χ3v) is 3.65. The van der Waals surface area contributed by atoms with E-state index < -0.39 is 0 Å². The van der Waals surface area contributed by atoms with Gasteiger partial charge in [-0.1, -0.05) is 26.0 Å². The van der Waals surface area contributed by atoms with Crippen LogP contribution < -0.4 is 21.3 Å². The first-order chi connectivity index (χ1) is 12.4. The van der Waals surface area contributed by atoms with Gasteiger partial charge in [0.1, 0.15) is 0 Å². The number of aliphatic imine (C=N–C) groups is 1. The summed E-state index contributed by atoms with van der Waals surface area (Å²) in [7, 11) is 0. The number of anilines is 1. The van der Waals surface area contributed by atoms with E-state index in [4.69, 9.17) is 0 Å². The van der Waals surface area contributed by atoms with Crippen molar-refractivity contribution in [2.75, 3.05) is 18.4 Å². The molecule has 2 amide bonds. The summed E-state index contributed by atoms with van der Waals surface area (Å²) in [4.78, 5) is 16.3. The van der Waals surface area contributed by atoms with Crippen LogP contribution in [0.2, 0.25) is 0 Å². The van der Waals surface area contributed by atoms with Gasteiger partial charge in [0, 0.05) is 24.8 Å². The Kier molecular flexibility index (Phi) is 13.7. The van der Waals surface area contributed by atoms with Crippen LogP contribution in [-0.4, -0.2) is 31.1 Å². The Morgan fingerprint density at radius 2 is 1.74 bits per heavy atom. The maximum Gasteiger partial charge on any atom is 0.319 e. The smallest absolute Gasteiger partial charge is 0.319 e. The molecule has 4 N–H and O–H groups in total. The van der Waals surface area contributed by atoms with E-state index in [1.807, 2.05) is 38.1 Å². The van der Waals surface area contributed by atoms with E-state index in [1.54, 1.807) is 0 Å². The number of urea groups is 1. The van der Waals surface area contributed by atoms with E-state index in [9.17, 15) is 4.79 Å². The van der Waals surface area contributed by atoms with Crippen molar-refractivity contribution in [1.29, 1.82) is 0 Å². The summed E-state index contributed by atoms with van der Waals surface area (Å²) < 4.78 is 0. The van der Waals surface area contributed by atoms with Crippen molar-refractivity contribution in [2.45, 2.75) is 60.0 Å². The second kappa shape index (κ2) is 14.5. The van der Waals surface area contributed by atoms with E-state index in [0.29, 0.717) is 6.54 Å². The Morgan fingerprint density at radius 1 is 1.07 bits per heavy atom. The standard InChI is InChI=1S/C20H35N5O.HI/c1-6-21-19(22-13-7-8-15(2)3)23-14-17-9-11-18(12-10-17)25-20(26)24-16(4)5;/h9-12,15-16H,6-8,13-14H2,1-5H3,(H2,21,22,23)(H2,24,25,26);1H. The van der Waals surface area contributed by atoms with Crippen molar-refractivity contribution in [3.63, 3.8) is 0 Å². The monoisotopic (exact) mass is 489 g/mol. The molecule has 6 nitrogen and oxygen atoms in total. The number of carbonyl (C=O) groups excluding carboxylic acids is 1. The van der Waals surface area contributed by atoms with Gasteiger partial charge >= 0.3 is 6.03 Å². The maximum absolute atomic E-state index is 11.7. The number of guanidine groups is 1. The van der Waals surface area contributed by atoms with E-state index in [-0.39, 0.29) is 36.0 Å². The van der Waals surface area contributed by atoms with Crippen LogP contribution in [-0.2, 0) is 6.54 Å². The summed E-state index contributed by atoms with van der Waals surface area (Å²) in [6.45, 7) is 12.8. The highest BCUT2D eigenvalue weighted by molar-refractivity contribution is 14.0. The van der Waals surface area contributed by atoms with Crippen molar-refractivity contribution < 1.29 is 4.79 Å². The van der Waals surface area contributed by atoms with Crippen molar-refractivity contribution in [1.82, 2.24) is 16.0 Å². The number of nitrogens with one attached hydrogen (secondary N) is 4. The topological polar surface area (TPSA) is 77.5 Å². The molecule has 0 saturated carbocycles. The molecule has 0 fully saturated rings. The second-order valence-electron chi connectivity index (χ2n) is 7.11. The lowest BCUT2D eigenvalue weighted by Crippen LogP contribution is -2.37. The van der Waals surface area contributed by atoms with E-state index in [0.717, 1.165) is 42.6 Å². The van der Waals surface area contributed by atoms with Gasteiger partial charge in [-0.2, -0.15) is 0 Å². The number of benzene rings is 1. The number of halogens is 1. The molecule has 1 aromatic rings. The Morgan fingerprint density at radius 3 is 2.30 bits per heavy atom. The molecule has 0 atom stereocenters. The minimum Gasteiger partial charge on any atom is -0.357 e. The predicted molar refractivity (Wildman–Crippen MR) is 126 cm³/mol. The molecule has 0 unspecified atom stereocenters. The van der Waals surface area contributed by atoms with Gasteiger partial charge in [-0.3, -0.25) is 0 Å². The van der Waals surface area contributed by atoms with E-state index >= 15 is 0 Å². The Labute approximate surface area is 181 Å². The quantitative estimate of drug-likeness (QED) is 0.181. The molecule has 7 heteroatoms. The first-order valence-corrected chi connectivity index (χ1v) is 9.59. The average molecular weight is 489 g/mol. The molecule has 27 heavy (non-hydrogen) atoms. The van der Waals surface area contributed by atoms with Crippen LogP contribution in [0.5, 0.6) is 0 Å². The SMILES string of the molecule is CCNC(=NCc1ccc(NC(=O)NC(C)C)cc1)NCCCC(C)C.I. The normalized spacial score (nSPS) is 11.1. The van der Waals surface area contributed by atoms with Gasteiger partial charge in [0.15, 0.2) is 5.96 Å². The fourth-order valence-electron chi connectivity index (χ4n) is 2.35. The molecule has 0 saturated heterocycles. The maximum atomic E-state index is 11.7. The number of rotatable bonds is 9. The van der Waals surface area contributed by atoms with Gasteiger partial charge in [0.25, 0.3) is 0 Å². The molecule has 154 valence electrons. The van der Waals surface area contributed by atoms with Crippen molar-refractivity contribution in [3.8, 4) is 0 Å². The summed E-state index contributed by atoms with van der Waals surface area (Å²) in [5.74, 6) is 1.57. The average Bonchev–Trinajstić information content (AvgIpc) is 2.56. The second-order valence-corrected chi connectivity index (χ2v) is 7.11. The van der Waals surface area contributed by atoms with Crippen LogP contribution in [0.4, 0.5) is 10.5 Å². The summed E-state index contributed by atoms with van der Waals surface area (Å²) >= 11 is 0. The van der Waals surface area contributed by atoms with Crippen molar-refractivity contribution in [3.05, 3.63) is 29.8 Å². The van der Waals surface area contributed by atoms with Crippen LogP contribution in [0.25, 0.3) is 0 Å². The van der Waals surface area contributed by atoms with Gasteiger partial charge in [-0.15, -0.1) is 24.0 Å². The van der Waals surface area contributed by atoms with Crippen LogP contribution in [0.1, 0.15) is 53.0 Å². The molecule has 0 radical (unpaired) electrons. The molecule has 1 rings (SSSR count). The van der Waals surface area contributed by atoms with Crippen LogP contribution >= 0.6 is 24.0 Å². The Hall–Kier alpha value is -1.51.